The van der Waals surface area contributed by atoms with Crippen molar-refractivity contribution in [1.82, 2.24) is 0 Å². The van der Waals surface area contributed by atoms with E-state index in [9.17, 15) is 15.0 Å². The topological polar surface area (TPSA) is 92.8 Å². The Kier molecular flexibility index (Phi) is 3.97. The molecule has 5 heteroatoms. The number of aliphatic hydroxyl groups is 2. The normalized spacial score (nSPS) is 50.1. The molecule has 0 aliphatic heterocycles. The Bertz CT molecular complexity index is 700. The van der Waals surface area contributed by atoms with Crippen molar-refractivity contribution in [2.24, 2.45) is 28.4 Å². The number of fused-ring (bicyclic) bond motifs is 5. The predicted octanol–water partition coefficient (Wildman–Crippen LogP) is 2.42. The van der Waals surface area contributed by atoms with Gasteiger partial charge in [0.15, 0.2) is 0 Å². The molecule has 0 heterocycles. The summed E-state index contributed by atoms with van der Waals surface area (Å²) in [6.07, 6.45) is 8.37. The molecule has 0 saturated heterocycles. The molecule has 0 aromatic heterocycles. The second-order valence-electron chi connectivity index (χ2n) is 9.47. The molecule has 3 fully saturated rings. The van der Waals surface area contributed by atoms with Crippen LogP contribution in [0.25, 0.3) is 0 Å². The summed E-state index contributed by atoms with van der Waals surface area (Å²) in [4.78, 5) is 11.4. The summed E-state index contributed by atoms with van der Waals surface area (Å²) < 4.78 is 5.23. The monoisotopic (exact) mass is 361 g/mol. The van der Waals surface area contributed by atoms with Crippen LogP contribution >= 0.6 is 0 Å². The smallest absolute Gasteiger partial charge is 0.305 e. The second kappa shape index (κ2) is 5.66. The van der Waals surface area contributed by atoms with Crippen molar-refractivity contribution in [1.29, 1.82) is 0 Å². The lowest BCUT2D eigenvalue weighted by Gasteiger charge is -2.55. The largest absolute Gasteiger partial charge is 0.433 e. The number of rotatable bonds is 1. The van der Waals surface area contributed by atoms with Crippen molar-refractivity contribution < 1.29 is 19.7 Å². The zero-order chi connectivity index (χ0) is 18.9. The molecule has 4 aliphatic rings. The third kappa shape index (κ3) is 2.44. The molecule has 0 aromatic rings. The maximum absolute atomic E-state index is 11.4. The summed E-state index contributed by atoms with van der Waals surface area (Å²) in [7, 11) is 0. The standard InChI is InChI=1S/C21H31NO4/c1-12(23)26-21(25)9-8-19(2)13(11-21)4-5-14-15(19)6-7-20(3)16(14)10-17(24)18(20)22/h4-5,15-18,24-25H,6-11,22H2,1-3H3/t15-,16-,17+,18-,19-,20-,21+/m0/s1. The van der Waals surface area contributed by atoms with E-state index in [0.717, 1.165) is 25.7 Å². The molecule has 0 amide bonds. The van der Waals surface area contributed by atoms with E-state index in [1.807, 2.05) is 0 Å². The van der Waals surface area contributed by atoms with E-state index >= 15 is 0 Å². The van der Waals surface area contributed by atoms with Crippen molar-refractivity contribution in [3.63, 3.8) is 0 Å². The Hall–Kier alpha value is -1.17. The van der Waals surface area contributed by atoms with Gasteiger partial charge in [0, 0.05) is 25.8 Å². The quantitative estimate of drug-likeness (QED) is 0.493. The van der Waals surface area contributed by atoms with Gasteiger partial charge in [-0.1, -0.05) is 37.1 Å². The molecule has 0 radical (unpaired) electrons. The Morgan fingerprint density at radius 3 is 2.65 bits per heavy atom. The number of esters is 1. The van der Waals surface area contributed by atoms with Gasteiger partial charge in [-0.3, -0.25) is 4.79 Å². The molecule has 0 spiro atoms. The molecule has 3 saturated carbocycles. The first-order valence-corrected chi connectivity index (χ1v) is 9.86. The van der Waals surface area contributed by atoms with Crippen molar-refractivity contribution in [2.75, 3.05) is 0 Å². The number of allylic oxidation sites excluding steroid dienone is 3. The zero-order valence-electron chi connectivity index (χ0n) is 16.0. The third-order valence-electron chi connectivity index (χ3n) is 8.04. The minimum atomic E-state index is -1.38. The number of nitrogens with two attached hydrogens (primary N) is 1. The van der Waals surface area contributed by atoms with E-state index in [4.69, 9.17) is 10.5 Å². The summed E-state index contributed by atoms with van der Waals surface area (Å²) in [5.74, 6) is -1.07. The highest BCUT2D eigenvalue weighted by Crippen LogP contribution is 2.63. The number of ether oxygens (including phenoxy) is 1. The average molecular weight is 361 g/mol. The van der Waals surface area contributed by atoms with E-state index in [0.29, 0.717) is 24.7 Å². The van der Waals surface area contributed by atoms with Gasteiger partial charge >= 0.3 is 5.97 Å². The van der Waals surface area contributed by atoms with Gasteiger partial charge in [0.1, 0.15) is 0 Å². The average Bonchev–Trinajstić information content (AvgIpc) is 2.79. The van der Waals surface area contributed by atoms with Crippen LogP contribution in [0.5, 0.6) is 0 Å². The van der Waals surface area contributed by atoms with Crippen molar-refractivity contribution >= 4 is 5.97 Å². The molecule has 0 aromatic carbocycles. The molecule has 5 nitrogen and oxygen atoms in total. The van der Waals surface area contributed by atoms with Crippen molar-refractivity contribution in [3.05, 3.63) is 23.3 Å². The first-order chi connectivity index (χ1) is 12.1. The first-order valence-electron chi connectivity index (χ1n) is 9.86. The molecule has 0 unspecified atom stereocenters. The minimum Gasteiger partial charge on any atom is -0.433 e. The van der Waals surface area contributed by atoms with Gasteiger partial charge in [-0.2, -0.15) is 0 Å². The number of hydrogen-bond acceptors (Lipinski definition) is 5. The van der Waals surface area contributed by atoms with Crippen LogP contribution < -0.4 is 5.73 Å². The van der Waals surface area contributed by atoms with Crippen LogP contribution in [-0.2, 0) is 9.53 Å². The SMILES string of the molecule is CC(=O)O[C@]1(O)CC[C@@]2(C)C(=CC=C3[C@@H]4C[C@@H](O)[C@H](N)[C@@]4(C)CC[C@@H]32)C1. The molecule has 7 atom stereocenters. The summed E-state index contributed by atoms with van der Waals surface area (Å²) >= 11 is 0. The number of aliphatic hydroxyl groups excluding tert-OH is 1. The fourth-order valence-electron chi connectivity index (χ4n) is 6.37. The molecular formula is C21H31NO4. The molecule has 0 bridgehead atoms. The fraction of sp³-hybridized carbons (Fsp3) is 0.762. The summed E-state index contributed by atoms with van der Waals surface area (Å²) in [6.45, 7) is 5.87. The molecular weight excluding hydrogens is 330 g/mol. The molecule has 4 aliphatic carbocycles. The predicted molar refractivity (Wildman–Crippen MR) is 97.8 cm³/mol. The van der Waals surface area contributed by atoms with E-state index in [1.54, 1.807) is 0 Å². The van der Waals surface area contributed by atoms with Gasteiger partial charge in [0.25, 0.3) is 0 Å². The van der Waals surface area contributed by atoms with Gasteiger partial charge in [0.2, 0.25) is 5.79 Å². The summed E-state index contributed by atoms with van der Waals surface area (Å²) in [5.41, 5.74) is 8.91. The maximum atomic E-state index is 11.4. The molecule has 4 rings (SSSR count). The van der Waals surface area contributed by atoms with Gasteiger partial charge in [-0.25, -0.2) is 0 Å². The van der Waals surface area contributed by atoms with Gasteiger partial charge in [-0.05, 0) is 48.3 Å². The van der Waals surface area contributed by atoms with Crippen molar-refractivity contribution in [3.8, 4) is 0 Å². The van der Waals surface area contributed by atoms with Crippen LogP contribution in [0.4, 0.5) is 0 Å². The Morgan fingerprint density at radius 1 is 1.23 bits per heavy atom. The lowest BCUT2D eigenvalue weighted by Crippen LogP contribution is -2.51. The second-order valence-corrected chi connectivity index (χ2v) is 9.47. The van der Waals surface area contributed by atoms with Crippen LogP contribution in [0.3, 0.4) is 0 Å². The molecule has 4 N–H and O–H groups in total. The third-order valence-corrected chi connectivity index (χ3v) is 8.04. The van der Waals surface area contributed by atoms with Crippen LogP contribution in [0.15, 0.2) is 23.3 Å². The zero-order valence-corrected chi connectivity index (χ0v) is 16.0. The first kappa shape index (κ1) is 18.2. The Labute approximate surface area is 155 Å². The van der Waals surface area contributed by atoms with Gasteiger partial charge in [-0.15, -0.1) is 0 Å². The highest BCUT2D eigenvalue weighted by Gasteiger charge is 2.59. The summed E-state index contributed by atoms with van der Waals surface area (Å²) in [5, 5.41) is 21.1. The van der Waals surface area contributed by atoms with E-state index in [1.165, 1.54) is 18.1 Å². The van der Waals surface area contributed by atoms with Crippen LogP contribution in [0.1, 0.15) is 59.3 Å². The highest BCUT2D eigenvalue weighted by molar-refractivity contribution is 5.66. The minimum absolute atomic E-state index is 0.0184. The number of carbonyl (C=O) groups is 1. The van der Waals surface area contributed by atoms with E-state index in [-0.39, 0.29) is 16.9 Å². The molecule has 144 valence electrons. The Balaban J connectivity index is 1.68. The van der Waals surface area contributed by atoms with Crippen LogP contribution in [0.2, 0.25) is 0 Å². The fourth-order valence-corrected chi connectivity index (χ4v) is 6.37. The van der Waals surface area contributed by atoms with E-state index < -0.39 is 17.9 Å². The number of hydrogen-bond donors (Lipinski definition) is 3. The summed E-state index contributed by atoms with van der Waals surface area (Å²) in [6, 6.07) is -0.159. The Morgan fingerprint density at radius 2 is 1.96 bits per heavy atom. The lowest BCUT2D eigenvalue weighted by molar-refractivity contribution is -0.219. The van der Waals surface area contributed by atoms with E-state index in [2.05, 4.69) is 26.0 Å². The number of carbonyl (C=O) groups excluding carboxylic acids is 1. The van der Waals surface area contributed by atoms with Crippen LogP contribution in [-0.4, -0.2) is 34.1 Å². The lowest BCUT2D eigenvalue weighted by atomic mass is 9.51. The van der Waals surface area contributed by atoms with Gasteiger partial charge in [0.05, 0.1) is 6.10 Å². The van der Waals surface area contributed by atoms with Crippen molar-refractivity contribution in [2.45, 2.75) is 77.2 Å². The maximum Gasteiger partial charge on any atom is 0.305 e. The van der Waals surface area contributed by atoms with Gasteiger partial charge < -0.3 is 20.7 Å². The van der Waals surface area contributed by atoms with Crippen LogP contribution in [0, 0.1) is 22.7 Å². The molecule has 26 heavy (non-hydrogen) atoms. The highest BCUT2D eigenvalue weighted by atomic mass is 16.7.